The molecule has 17 heavy (non-hydrogen) atoms. The number of nitrogens with zero attached hydrogens (tertiary/aromatic N) is 2. The third-order valence-corrected chi connectivity index (χ3v) is 3.87. The van der Waals surface area contributed by atoms with Crippen molar-refractivity contribution >= 4 is 11.3 Å². The molecule has 0 amide bonds. The summed E-state index contributed by atoms with van der Waals surface area (Å²) in [6, 6.07) is 4.43. The summed E-state index contributed by atoms with van der Waals surface area (Å²) in [5.74, 6) is 5.63. The first-order valence-electron chi connectivity index (χ1n) is 5.76. The summed E-state index contributed by atoms with van der Waals surface area (Å²) in [7, 11) is 0. The molecule has 4 nitrogen and oxygen atoms in total. The number of thiophene rings is 1. The molecule has 0 saturated heterocycles. The fourth-order valence-corrected chi connectivity index (χ4v) is 2.74. The molecule has 0 spiro atoms. The minimum absolute atomic E-state index is 0.170. The molecule has 0 saturated carbocycles. The van der Waals surface area contributed by atoms with Crippen molar-refractivity contribution in [3.8, 4) is 0 Å². The Morgan fingerprint density at radius 3 is 2.88 bits per heavy atom. The third-order valence-electron chi connectivity index (χ3n) is 2.76. The maximum atomic E-state index is 5.63. The van der Waals surface area contributed by atoms with Gasteiger partial charge in [-0.2, -0.15) is 5.10 Å². The molecule has 3 N–H and O–H groups in total. The van der Waals surface area contributed by atoms with Gasteiger partial charge in [0.1, 0.15) is 0 Å². The Kier molecular flexibility index (Phi) is 3.93. The topological polar surface area (TPSA) is 55.9 Å². The molecule has 1 unspecified atom stereocenters. The van der Waals surface area contributed by atoms with E-state index >= 15 is 0 Å². The van der Waals surface area contributed by atoms with E-state index in [4.69, 9.17) is 5.84 Å². The first-order valence-corrected chi connectivity index (χ1v) is 6.58. The van der Waals surface area contributed by atoms with Crippen molar-refractivity contribution < 1.29 is 0 Å². The maximum Gasteiger partial charge on any atom is 0.0594 e. The highest BCUT2D eigenvalue weighted by atomic mass is 32.1. The van der Waals surface area contributed by atoms with Crippen LogP contribution in [0.1, 0.15) is 28.3 Å². The van der Waals surface area contributed by atoms with Gasteiger partial charge in [-0.3, -0.25) is 16.0 Å². The molecule has 2 aromatic heterocycles. The second kappa shape index (κ2) is 5.44. The molecule has 0 bridgehead atoms. The summed E-state index contributed by atoms with van der Waals surface area (Å²) < 4.78 is 1.93. The third kappa shape index (κ3) is 2.94. The van der Waals surface area contributed by atoms with Crippen LogP contribution in [0.25, 0.3) is 0 Å². The summed E-state index contributed by atoms with van der Waals surface area (Å²) in [5.41, 5.74) is 4.09. The maximum absolute atomic E-state index is 5.63. The average molecular weight is 250 g/mol. The number of nitrogens with one attached hydrogen (secondary N) is 1. The van der Waals surface area contributed by atoms with Crippen molar-refractivity contribution in [1.82, 2.24) is 15.2 Å². The molecule has 2 rings (SSSR count). The average Bonchev–Trinajstić information content (AvgIpc) is 2.94. The number of hydrazine groups is 1. The van der Waals surface area contributed by atoms with E-state index in [1.54, 1.807) is 11.3 Å². The molecule has 0 aliphatic rings. The summed E-state index contributed by atoms with van der Waals surface area (Å²) >= 11 is 1.78. The number of aromatic nitrogens is 2. The quantitative estimate of drug-likeness (QED) is 0.630. The van der Waals surface area contributed by atoms with Gasteiger partial charge in [0, 0.05) is 22.5 Å². The van der Waals surface area contributed by atoms with Crippen LogP contribution in [-0.2, 0) is 13.0 Å². The highest BCUT2D eigenvalue weighted by Gasteiger charge is 2.13. The van der Waals surface area contributed by atoms with E-state index in [-0.39, 0.29) is 6.04 Å². The summed E-state index contributed by atoms with van der Waals surface area (Å²) in [6.07, 6.45) is 4.86. The lowest BCUT2D eigenvalue weighted by molar-refractivity contribution is 0.560. The number of nitrogens with two attached hydrogens (primary N) is 1. The number of hydrogen-bond donors (Lipinski definition) is 2. The van der Waals surface area contributed by atoms with Gasteiger partial charge in [-0.05, 0) is 38.0 Å². The first-order chi connectivity index (χ1) is 8.22. The van der Waals surface area contributed by atoms with Gasteiger partial charge >= 0.3 is 0 Å². The number of aryl methyl sites for hydroxylation is 2. The molecule has 0 radical (unpaired) electrons. The molecule has 2 aromatic rings. The Bertz CT molecular complexity index is 474. The molecule has 1 atom stereocenters. The van der Waals surface area contributed by atoms with Crippen LogP contribution in [0.15, 0.2) is 24.5 Å². The van der Waals surface area contributed by atoms with Crippen molar-refractivity contribution in [2.45, 2.75) is 32.9 Å². The lowest BCUT2D eigenvalue weighted by atomic mass is 10.1. The van der Waals surface area contributed by atoms with E-state index in [0.29, 0.717) is 0 Å². The van der Waals surface area contributed by atoms with E-state index in [1.165, 1.54) is 15.3 Å². The molecule has 0 aromatic carbocycles. The Morgan fingerprint density at radius 2 is 2.35 bits per heavy atom. The summed E-state index contributed by atoms with van der Waals surface area (Å²) in [5, 5.41) is 4.27. The fraction of sp³-hybridized carbons (Fsp3) is 0.417. The van der Waals surface area contributed by atoms with Gasteiger partial charge in [0.15, 0.2) is 0 Å². The predicted molar refractivity (Wildman–Crippen MR) is 70.7 cm³/mol. The van der Waals surface area contributed by atoms with Gasteiger partial charge in [0.2, 0.25) is 0 Å². The SMILES string of the molecule is CCn1cc(CC(NN)c2ccc(C)s2)cn1. The zero-order valence-corrected chi connectivity index (χ0v) is 11.0. The standard InChI is InChI=1S/C12H18N4S/c1-3-16-8-10(7-14-16)6-11(15-13)12-5-4-9(2)17-12/h4-5,7-8,11,15H,3,6,13H2,1-2H3. The minimum atomic E-state index is 0.170. The van der Waals surface area contributed by atoms with E-state index in [9.17, 15) is 0 Å². The molecular formula is C12H18N4S. The first kappa shape index (κ1) is 12.3. The normalized spacial score (nSPS) is 12.9. The molecule has 5 heteroatoms. The monoisotopic (exact) mass is 250 g/mol. The fourth-order valence-electron chi connectivity index (χ4n) is 1.80. The van der Waals surface area contributed by atoms with Gasteiger partial charge in [-0.1, -0.05) is 0 Å². The Labute approximate surface area is 105 Å². The molecular weight excluding hydrogens is 232 g/mol. The number of rotatable bonds is 5. The van der Waals surface area contributed by atoms with Crippen molar-refractivity contribution in [2.75, 3.05) is 0 Å². The van der Waals surface area contributed by atoms with Crippen LogP contribution < -0.4 is 11.3 Å². The van der Waals surface area contributed by atoms with Crippen LogP contribution in [0.2, 0.25) is 0 Å². The van der Waals surface area contributed by atoms with Crippen LogP contribution in [0, 0.1) is 6.92 Å². The van der Waals surface area contributed by atoms with Crippen molar-refractivity contribution in [2.24, 2.45) is 5.84 Å². The van der Waals surface area contributed by atoms with Crippen LogP contribution in [-0.4, -0.2) is 9.78 Å². The van der Waals surface area contributed by atoms with Gasteiger partial charge in [-0.15, -0.1) is 11.3 Å². The van der Waals surface area contributed by atoms with Crippen LogP contribution in [0.4, 0.5) is 0 Å². The van der Waals surface area contributed by atoms with Crippen molar-refractivity contribution in [3.05, 3.63) is 39.8 Å². The molecule has 0 aliphatic heterocycles. The van der Waals surface area contributed by atoms with Gasteiger partial charge < -0.3 is 0 Å². The molecule has 0 aliphatic carbocycles. The zero-order chi connectivity index (χ0) is 12.3. The van der Waals surface area contributed by atoms with Crippen LogP contribution in [0.3, 0.4) is 0 Å². The number of hydrogen-bond acceptors (Lipinski definition) is 4. The largest absolute Gasteiger partial charge is 0.273 e. The van der Waals surface area contributed by atoms with Crippen LogP contribution in [0.5, 0.6) is 0 Å². The Morgan fingerprint density at radius 1 is 1.53 bits per heavy atom. The second-order valence-corrected chi connectivity index (χ2v) is 5.40. The minimum Gasteiger partial charge on any atom is -0.273 e. The summed E-state index contributed by atoms with van der Waals surface area (Å²) in [6.45, 7) is 5.09. The predicted octanol–water partition coefficient (Wildman–Crippen LogP) is 2.02. The van der Waals surface area contributed by atoms with E-state index in [0.717, 1.165) is 13.0 Å². The highest BCUT2D eigenvalue weighted by molar-refractivity contribution is 7.12. The summed E-state index contributed by atoms with van der Waals surface area (Å²) in [4.78, 5) is 2.58. The van der Waals surface area contributed by atoms with E-state index in [1.807, 2.05) is 10.9 Å². The van der Waals surface area contributed by atoms with Gasteiger partial charge in [-0.25, -0.2) is 0 Å². The van der Waals surface area contributed by atoms with E-state index < -0.39 is 0 Å². The van der Waals surface area contributed by atoms with Gasteiger partial charge in [0.05, 0.1) is 12.2 Å². The smallest absolute Gasteiger partial charge is 0.0594 e. The highest BCUT2D eigenvalue weighted by Crippen LogP contribution is 2.24. The van der Waals surface area contributed by atoms with Gasteiger partial charge in [0.25, 0.3) is 0 Å². The van der Waals surface area contributed by atoms with Crippen molar-refractivity contribution in [3.63, 3.8) is 0 Å². The lowest BCUT2D eigenvalue weighted by Gasteiger charge is -2.12. The Balaban J connectivity index is 2.09. The van der Waals surface area contributed by atoms with Crippen molar-refractivity contribution in [1.29, 1.82) is 0 Å². The lowest BCUT2D eigenvalue weighted by Crippen LogP contribution is -2.28. The second-order valence-electron chi connectivity index (χ2n) is 4.08. The molecule has 92 valence electrons. The zero-order valence-electron chi connectivity index (χ0n) is 10.2. The molecule has 0 fully saturated rings. The van der Waals surface area contributed by atoms with E-state index in [2.05, 4.69) is 42.7 Å². The molecule has 2 heterocycles. The Hall–Kier alpha value is -1.17. The van der Waals surface area contributed by atoms with Crippen LogP contribution >= 0.6 is 11.3 Å².